The molecule has 1 aromatic rings. The van der Waals surface area contributed by atoms with Crippen LogP contribution in [-0.4, -0.2) is 43.0 Å². The quantitative estimate of drug-likeness (QED) is 0.621. The number of hydrogen-bond acceptors (Lipinski definition) is 3. The van der Waals surface area contributed by atoms with Gasteiger partial charge < -0.3 is 15.0 Å². The van der Waals surface area contributed by atoms with E-state index in [4.69, 9.17) is 4.74 Å². The predicted octanol–water partition coefficient (Wildman–Crippen LogP) is 2.60. The summed E-state index contributed by atoms with van der Waals surface area (Å²) >= 11 is 0. The van der Waals surface area contributed by atoms with Crippen molar-refractivity contribution in [3.05, 3.63) is 29.8 Å². The van der Waals surface area contributed by atoms with Crippen molar-refractivity contribution in [3.63, 3.8) is 0 Å². The molecule has 1 fully saturated rings. The van der Waals surface area contributed by atoms with E-state index in [1.165, 1.54) is 0 Å². The molecule has 1 heterocycles. The number of aryl methyl sites for hydroxylation is 1. The average Bonchev–Trinajstić information content (AvgIpc) is 2.99. The predicted molar refractivity (Wildman–Crippen MR) is 90.2 cm³/mol. The van der Waals surface area contributed by atoms with E-state index < -0.39 is 0 Å². The first-order chi connectivity index (χ1) is 11.1. The molecule has 0 unspecified atom stereocenters. The zero-order valence-corrected chi connectivity index (χ0v) is 14.0. The van der Waals surface area contributed by atoms with Gasteiger partial charge in [-0.25, -0.2) is 0 Å². The SMILES string of the molecule is CCCOC[C@H]1CCN(C(=O)CC(=O)Nc2ccccc2C)C1. The van der Waals surface area contributed by atoms with E-state index in [-0.39, 0.29) is 18.2 Å². The van der Waals surface area contributed by atoms with Crippen LogP contribution in [0.4, 0.5) is 5.69 Å². The Morgan fingerprint density at radius 2 is 2.13 bits per heavy atom. The molecular formula is C18H26N2O3. The normalized spacial score (nSPS) is 17.3. The fourth-order valence-electron chi connectivity index (χ4n) is 2.75. The molecule has 0 radical (unpaired) electrons. The Bertz CT molecular complexity index is 545. The molecule has 1 saturated heterocycles. The van der Waals surface area contributed by atoms with E-state index in [9.17, 15) is 9.59 Å². The van der Waals surface area contributed by atoms with Crippen molar-refractivity contribution in [1.82, 2.24) is 4.90 Å². The Kier molecular flexibility index (Phi) is 6.59. The molecule has 0 spiro atoms. The number of para-hydroxylation sites is 1. The minimum atomic E-state index is -0.255. The number of carbonyl (C=O) groups excluding carboxylic acids is 2. The summed E-state index contributed by atoms with van der Waals surface area (Å²) in [5, 5.41) is 2.81. The molecule has 5 nitrogen and oxygen atoms in total. The first-order valence-electron chi connectivity index (χ1n) is 8.31. The summed E-state index contributed by atoms with van der Waals surface area (Å²) in [5.74, 6) is 0.0361. The highest BCUT2D eigenvalue weighted by Gasteiger charge is 2.27. The van der Waals surface area contributed by atoms with Gasteiger partial charge in [0.25, 0.3) is 0 Å². The lowest BCUT2D eigenvalue weighted by Crippen LogP contribution is -2.32. The van der Waals surface area contributed by atoms with E-state index in [0.717, 1.165) is 37.2 Å². The number of anilines is 1. The van der Waals surface area contributed by atoms with Crippen molar-refractivity contribution in [1.29, 1.82) is 0 Å². The van der Waals surface area contributed by atoms with Gasteiger partial charge in [-0.05, 0) is 31.4 Å². The van der Waals surface area contributed by atoms with Crippen molar-refractivity contribution in [2.24, 2.45) is 5.92 Å². The largest absolute Gasteiger partial charge is 0.381 e. The molecule has 1 atom stereocenters. The molecule has 1 N–H and O–H groups in total. The number of hydrogen-bond donors (Lipinski definition) is 1. The summed E-state index contributed by atoms with van der Waals surface area (Å²) in [7, 11) is 0. The van der Waals surface area contributed by atoms with Gasteiger partial charge in [0.05, 0.1) is 6.61 Å². The Balaban J connectivity index is 1.76. The van der Waals surface area contributed by atoms with Crippen molar-refractivity contribution in [2.45, 2.75) is 33.1 Å². The average molecular weight is 318 g/mol. The van der Waals surface area contributed by atoms with Crippen LogP contribution in [0.5, 0.6) is 0 Å². The molecule has 1 aromatic carbocycles. The molecule has 0 aliphatic carbocycles. The summed E-state index contributed by atoms with van der Waals surface area (Å²) in [5.41, 5.74) is 1.75. The van der Waals surface area contributed by atoms with Crippen LogP contribution in [0.2, 0.25) is 0 Å². The molecule has 1 aliphatic heterocycles. The second kappa shape index (κ2) is 8.67. The molecule has 126 valence electrons. The van der Waals surface area contributed by atoms with Gasteiger partial charge in [0.15, 0.2) is 0 Å². The van der Waals surface area contributed by atoms with Gasteiger partial charge in [0.1, 0.15) is 6.42 Å². The lowest BCUT2D eigenvalue weighted by molar-refractivity contribution is -0.133. The van der Waals surface area contributed by atoms with Crippen LogP contribution in [0, 0.1) is 12.8 Å². The van der Waals surface area contributed by atoms with Crippen LogP contribution < -0.4 is 5.32 Å². The number of likely N-dealkylation sites (tertiary alicyclic amines) is 1. The van der Waals surface area contributed by atoms with E-state index in [0.29, 0.717) is 19.1 Å². The lowest BCUT2D eigenvalue weighted by Gasteiger charge is -2.17. The topological polar surface area (TPSA) is 58.6 Å². The number of nitrogens with zero attached hydrogens (tertiary/aromatic N) is 1. The summed E-state index contributed by atoms with van der Waals surface area (Å²) in [6.07, 6.45) is 1.86. The molecule has 23 heavy (non-hydrogen) atoms. The fraction of sp³-hybridized carbons (Fsp3) is 0.556. The molecule has 0 bridgehead atoms. The van der Waals surface area contributed by atoms with Gasteiger partial charge in [-0.1, -0.05) is 25.1 Å². The number of nitrogens with one attached hydrogen (secondary N) is 1. The number of benzene rings is 1. The Morgan fingerprint density at radius 3 is 2.87 bits per heavy atom. The number of carbonyl (C=O) groups is 2. The monoisotopic (exact) mass is 318 g/mol. The molecule has 2 amide bonds. The van der Waals surface area contributed by atoms with Crippen LogP contribution in [-0.2, 0) is 14.3 Å². The fourth-order valence-corrected chi connectivity index (χ4v) is 2.75. The molecule has 0 saturated carbocycles. The minimum Gasteiger partial charge on any atom is -0.381 e. The van der Waals surface area contributed by atoms with Gasteiger partial charge in [-0.15, -0.1) is 0 Å². The van der Waals surface area contributed by atoms with Crippen LogP contribution >= 0.6 is 0 Å². The maximum absolute atomic E-state index is 12.2. The summed E-state index contributed by atoms with van der Waals surface area (Å²) in [6.45, 7) is 6.89. The van der Waals surface area contributed by atoms with Gasteiger partial charge in [0.2, 0.25) is 11.8 Å². The maximum Gasteiger partial charge on any atom is 0.233 e. The van der Waals surface area contributed by atoms with Crippen molar-refractivity contribution in [3.8, 4) is 0 Å². The van der Waals surface area contributed by atoms with E-state index >= 15 is 0 Å². The van der Waals surface area contributed by atoms with E-state index in [1.54, 1.807) is 4.90 Å². The second-order valence-electron chi connectivity index (χ2n) is 6.11. The minimum absolute atomic E-state index is 0.100. The zero-order chi connectivity index (χ0) is 16.7. The van der Waals surface area contributed by atoms with Gasteiger partial charge >= 0.3 is 0 Å². The van der Waals surface area contributed by atoms with Gasteiger partial charge in [-0.2, -0.15) is 0 Å². The van der Waals surface area contributed by atoms with E-state index in [1.807, 2.05) is 31.2 Å². The first-order valence-corrected chi connectivity index (χ1v) is 8.31. The highest BCUT2D eigenvalue weighted by molar-refractivity contribution is 6.03. The van der Waals surface area contributed by atoms with Crippen molar-refractivity contribution >= 4 is 17.5 Å². The highest BCUT2D eigenvalue weighted by Crippen LogP contribution is 2.18. The Hall–Kier alpha value is -1.88. The molecule has 2 rings (SSSR count). The van der Waals surface area contributed by atoms with Crippen LogP contribution in [0.1, 0.15) is 31.7 Å². The molecule has 0 aromatic heterocycles. The summed E-state index contributed by atoms with van der Waals surface area (Å²) < 4.78 is 5.55. The number of amides is 2. The Labute approximate surface area is 138 Å². The van der Waals surface area contributed by atoms with Crippen LogP contribution in [0.25, 0.3) is 0 Å². The molecule has 1 aliphatic rings. The summed E-state index contributed by atoms with van der Waals surface area (Å²) in [6, 6.07) is 7.56. The molecular weight excluding hydrogens is 292 g/mol. The van der Waals surface area contributed by atoms with Crippen molar-refractivity contribution in [2.75, 3.05) is 31.6 Å². The maximum atomic E-state index is 12.2. The van der Waals surface area contributed by atoms with Gasteiger partial charge in [-0.3, -0.25) is 9.59 Å². The molecule has 5 heteroatoms. The smallest absolute Gasteiger partial charge is 0.233 e. The zero-order valence-electron chi connectivity index (χ0n) is 14.0. The highest BCUT2D eigenvalue weighted by atomic mass is 16.5. The van der Waals surface area contributed by atoms with Gasteiger partial charge in [0, 0.05) is 31.3 Å². The Morgan fingerprint density at radius 1 is 1.35 bits per heavy atom. The lowest BCUT2D eigenvalue weighted by atomic mass is 10.1. The van der Waals surface area contributed by atoms with Crippen LogP contribution in [0.3, 0.4) is 0 Å². The number of rotatable bonds is 7. The third-order valence-electron chi connectivity index (χ3n) is 4.07. The van der Waals surface area contributed by atoms with Crippen LogP contribution in [0.15, 0.2) is 24.3 Å². The summed E-state index contributed by atoms with van der Waals surface area (Å²) in [4.78, 5) is 26.0. The third kappa shape index (κ3) is 5.36. The first kappa shape index (κ1) is 17.5. The standard InChI is InChI=1S/C18H26N2O3/c1-3-10-23-13-15-8-9-20(12-15)18(22)11-17(21)19-16-7-5-4-6-14(16)2/h4-7,15H,3,8-13H2,1-2H3,(H,19,21)/t15-/m0/s1. The third-order valence-corrected chi connectivity index (χ3v) is 4.07. The van der Waals surface area contributed by atoms with Crippen molar-refractivity contribution < 1.29 is 14.3 Å². The second-order valence-corrected chi connectivity index (χ2v) is 6.11. The van der Waals surface area contributed by atoms with E-state index in [2.05, 4.69) is 12.2 Å². The number of ether oxygens (including phenoxy) is 1.